The fourth-order valence-corrected chi connectivity index (χ4v) is 1.39. The molecule has 0 aliphatic heterocycles. The summed E-state index contributed by atoms with van der Waals surface area (Å²) < 4.78 is 10.2. The van der Waals surface area contributed by atoms with Crippen molar-refractivity contribution in [2.75, 3.05) is 26.9 Å². The third-order valence-corrected chi connectivity index (χ3v) is 2.63. The van der Waals surface area contributed by atoms with Crippen molar-refractivity contribution >= 4 is 21.7 Å². The smallest absolute Gasteiger partial charge is 0.159 e. The van der Waals surface area contributed by atoms with Crippen LogP contribution in [0, 0.1) is 0 Å². The first kappa shape index (κ1) is 17.1. The Morgan fingerprint density at radius 2 is 2.06 bits per heavy atom. The Labute approximate surface area is 116 Å². The largest absolute Gasteiger partial charge is 0.507 e. The molecule has 102 valence electrons. The molecular formula is C13H19BrO4. The number of phenolic OH excluding ortho intramolecular Hbond substituents is 1. The molecule has 0 saturated heterocycles. The van der Waals surface area contributed by atoms with Gasteiger partial charge >= 0.3 is 0 Å². The van der Waals surface area contributed by atoms with Crippen LogP contribution >= 0.6 is 15.9 Å². The van der Waals surface area contributed by atoms with Gasteiger partial charge in [0, 0.05) is 19.3 Å². The molecule has 4 nitrogen and oxygen atoms in total. The molecule has 0 unspecified atom stereocenters. The fourth-order valence-electron chi connectivity index (χ4n) is 1.01. The molecule has 0 spiro atoms. The maximum atomic E-state index is 10.8. The first-order chi connectivity index (χ1) is 8.52. The Kier molecular flexibility index (Phi) is 9.55. The molecule has 0 fully saturated rings. The minimum Gasteiger partial charge on any atom is -0.507 e. The van der Waals surface area contributed by atoms with Crippen LogP contribution in [0.25, 0.3) is 0 Å². The van der Waals surface area contributed by atoms with E-state index in [4.69, 9.17) is 14.6 Å². The van der Waals surface area contributed by atoms with Crippen LogP contribution in [0.15, 0.2) is 22.7 Å². The van der Waals surface area contributed by atoms with E-state index in [0.717, 1.165) is 6.61 Å². The van der Waals surface area contributed by atoms with Crippen LogP contribution in [0.4, 0.5) is 0 Å². The van der Waals surface area contributed by atoms with E-state index in [-0.39, 0.29) is 11.5 Å². The van der Waals surface area contributed by atoms with Gasteiger partial charge in [0.15, 0.2) is 5.78 Å². The van der Waals surface area contributed by atoms with Crippen molar-refractivity contribution < 1.29 is 19.4 Å². The number of carbonyl (C=O) groups is 1. The highest BCUT2D eigenvalue weighted by atomic mass is 79.9. The number of rotatable bonds is 5. The van der Waals surface area contributed by atoms with Crippen LogP contribution in [0.5, 0.6) is 5.75 Å². The summed E-state index contributed by atoms with van der Waals surface area (Å²) in [6.07, 6.45) is 0. The van der Waals surface area contributed by atoms with Gasteiger partial charge in [0.1, 0.15) is 5.75 Å². The second-order valence-corrected chi connectivity index (χ2v) is 4.27. The van der Waals surface area contributed by atoms with Crippen LogP contribution in [0.2, 0.25) is 0 Å². The number of methoxy groups -OCH3 is 1. The van der Waals surface area contributed by atoms with Crippen LogP contribution in [0.3, 0.4) is 0 Å². The molecule has 1 N–H and O–H groups in total. The van der Waals surface area contributed by atoms with Crippen molar-refractivity contribution in [3.8, 4) is 5.75 Å². The average Bonchev–Trinajstić information content (AvgIpc) is 2.34. The molecular weight excluding hydrogens is 300 g/mol. The van der Waals surface area contributed by atoms with E-state index in [1.807, 2.05) is 6.92 Å². The Hall–Kier alpha value is -0.910. The predicted molar refractivity (Wildman–Crippen MR) is 74.2 cm³/mol. The zero-order valence-electron chi connectivity index (χ0n) is 10.9. The molecule has 0 amide bonds. The molecule has 5 heteroatoms. The summed E-state index contributed by atoms with van der Waals surface area (Å²) >= 11 is 3.11. The molecule has 0 saturated carbocycles. The van der Waals surface area contributed by atoms with E-state index in [9.17, 15) is 4.79 Å². The third-order valence-electron chi connectivity index (χ3n) is 1.99. The molecule has 1 aromatic carbocycles. The number of carbonyl (C=O) groups excluding carboxylic acids is 1. The van der Waals surface area contributed by atoms with Crippen LogP contribution in [0.1, 0.15) is 24.2 Å². The normalized spacial score (nSPS) is 9.56. The standard InChI is InChI=1S/C8H7BrO2.C5H12O2/c1-5(10)6-2-3-8(11)7(9)4-6;1-3-7-5-4-6-2/h2-4,11H,1H3;3-5H2,1-2H3. The quantitative estimate of drug-likeness (QED) is 0.669. The number of halogens is 1. The number of ketones is 1. The fraction of sp³-hybridized carbons (Fsp3) is 0.462. The molecule has 1 rings (SSSR count). The summed E-state index contributed by atoms with van der Waals surface area (Å²) in [6.45, 7) is 5.65. The van der Waals surface area contributed by atoms with E-state index in [0.29, 0.717) is 23.2 Å². The molecule has 1 aromatic rings. The van der Waals surface area contributed by atoms with Gasteiger partial charge in [-0.3, -0.25) is 4.79 Å². The maximum absolute atomic E-state index is 10.8. The molecule has 0 aromatic heterocycles. The van der Waals surface area contributed by atoms with Crippen LogP contribution in [-0.2, 0) is 9.47 Å². The number of hydrogen-bond donors (Lipinski definition) is 1. The summed E-state index contributed by atoms with van der Waals surface area (Å²) in [5, 5.41) is 9.07. The number of phenols is 1. The lowest BCUT2D eigenvalue weighted by Gasteiger charge is -1.98. The lowest BCUT2D eigenvalue weighted by atomic mass is 10.1. The maximum Gasteiger partial charge on any atom is 0.159 e. The van der Waals surface area contributed by atoms with E-state index < -0.39 is 0 Å². The third kappa shape index (κ3) is 7.42. The van der Waals surface area contributed by atoms with Gasteiger partial charge in [-0.2, -0.15) is 0 Å². The number of ether oxygens (including phenoxy) is 2. The van der Waals surface area contributed by atoms with E-state index >= 15 is 0 Å². The Balaban J connectivity index is 0.000000360. The van der Waals surface area contributed by atoms with Gasteiger partial charge in [-0.25, -0.2) is 0 Å². The number of hydrogen-bond acceptors (Lipinski definition) is 4. The van der Waals surface area contributed by atoms with Crippen molar-refractivity contribution in [3.63, 3.8) is 0 Å². The Bertz CT molecular complexity index is 362. The predicted octanol–water partition coefficient (Wildman–Crippen LogP) is 3.03. The number of aromatic hydroxyl groups is 1. The average molecular weight is 319 g/mol. The van der Waals surface area contributed by atoms with E-state index in [2.05, 4.69) is 15.9 Å². The first-order valence-electron chi connectivity index (χ1n) is 5.59. The highest BCUT2D eigenvalue weighted by Crippen LogP contribution is 2.24. The van der Waals surface area contributed by atoms with E-state index in [1.54, 1.807) is 19.2 Å². The zero-order chi connectivity index (χ0) is 14.0. The first-order valence-corrected chi connectivity index (χ1v) is 6.38. The van der Waals surface area contributed by atoms with Crippen molar-refractivity contribution in [2.45, 2.75) is 13.8 Å². The second-order valence-electron chi connectivity index (χ2n) is 3.41. The Morgan fingerprint density at radius 1 is 1.39 bits per heavy atom. The summed E-state index contributed by atoms with van der Waals surface area (Å²) in [4.78, 5) is 10.8. The van der Waals surface area contributed by atoms with Gasteiger partial charge in [0.05, 0.1) is 17.7 Å². The molecule has 0 heterocycles. The van der Waals surface area contributed by atoms with Gasteiger partial charge in [0.2, 0.25) is 0 Å². The highest BCUT2D eigenvalue weighted by Gasteiger charge is 2.02. The van der Waals surface area contributed by atoms with Gasteiger partial charge in [-0.05, 0) is 48.0 Å². The lowest BCUT2D eigenvalue weighted by Crippen LogP contribution is -2.00. The minimum atomic E-state index is -0.00861. The van der Waals surface area contributed by atoms with Crippen molar-refractivity contribution in [2.24, 2.45) is 0 Å². The van der Waals surface area contributed by atoms with Crippen LogP contribution in [-0.4, -0.2) is 37.8 Å². The molecule has 0 aliphatic carbocycles. The van der Waals surface area contributed by atoms with Gasteiger partial charge in [0.25, 0.3) is 0 Å². The van der Waals surface area contributed by atoms with Gasteiger partial charge in [-0.1, -0.05) is 0 Å². The SMILES string of the molecule is CC(=O)c1ccc(O)c(Br)c1.CCOCCOC. The second kappa shape index (κ2) is 10.1. The monoisotopic (exact) mass is 318 g/mol. The lowest BCUT2D eigenvalue weighted by molar-refractivity contribution is 0.0777. The van der Waals surface area contributed by atoms with E-state index in [1.165, 1.54) is 13.0 Å². The summed E-state index contributed by atoms with van der Waals surface area (Å²) in [5.74, 6) is 0.140. The summed E-state index contributed by atoms with van der Waals surface area (Å²) in [5.41, 5.74) is 0.592. The van der Waals surface area contributed by atoms with Crippen LogP contribution < -0.4 is 0 Å². The number of Topliss-reactive ketones (excluding diaryl/α,β-unsaturated/α-hetero) is 1. The molecule has 0 atom stereocenters. The van der Waals surface area contributed by atoms with Crippen molar-refractivity contribution in [1.82, 2.24) is 0 Å². The molecule has 0 aliphatic rings. The minimum absolute atomic E-state index is 0.00861. The molecule has 0 bridgehead atoms. The zero-order valence-corrected chi connectivity index (χ0v) is 12.5. The Morgan fingerprint density at radius 3 is 2.50 bits per heavy atom. The van der Waals surface area contributed by atoms with Crippen molar-refractivity contribution in [1.29, 1.82) is 0 Å². The highest BCUT2D eigenvalue weighted by molar-refractivity contribution is 9.10. The summed E-state index contributed by atoms with van der Waals surface area (Å²) in [7, 11) is 1.67. The van der Waals surface area contributed by atoms with Gasteiger partial charge < -0.3 is 14.6 Å². The van der Waals surface area contributed by atoms with Gasteiger partial charge in [-0.15, -0.1) is 0 Å². The number of benzene rings is 1. The topological polar surface area (TPSA) is 55.8 Å². The summed E-state index contributed by atoms with van der Waals surface area (Å²) in [6, 6.07) is 4.67. The molecule has 0 radical (unpaired) electrons. The molecule has 18 heavy (non-hydrogen) atoms. The van der Waals surface area contributed by atoms with Crippen molar-refractivity contribution in [3.05, 3.63) is 28.2 Å².